The molecule has 1 unspecified atom stereocenters. The van der Waals surface area contributed by atoms with Crippen LogP contribution in [0.3, 0.4) is 0 Å². The fourth-order valence-corrected chi connectivity index (χ4v) is 10.5. The highest BCUT2D eigenvalue weighted by Crippen LogP contribution is 2.18. The van der Waals surface area contributed by atoms with Crippen molar-refractivity contribution in [2.24, 2.45) is 0 Å². The third-order valence-corrected chi connectivity index (χ3v) is 15.9. The van der Waals surface area contributed by atoms with Gasteiger partial charge in [-0.15, -0.1) is 0 Å². The smallest absolute Gasteiger partial charge is 0.306 e. The van der Waals surface area contributed by atoms with Crippen LogP contribution in [0.2, 0.25) is 0 Å². The molecule has 0 aliphatic rings. The molecule has 0 saturated heterocycles. The van der Waals surface area contributed by atoms with E-state index in [2.05, 4.69) is 106 Å². The average Bonchev–Trinajstić information content (AvgIpc) is 3.50. The van der Waals surface area contributed by atoms with Gasteiger partial charge in [0.25, 0.3) is 0 Å². The zero-order valence-corrected chi connectivity index (χ0v) is 55.2. The lowest BCUT2D eigenvalue weighted by molar-refractivity contribution is -0.167. The quantitative estimate of drug-likeness (QED) is 0.0261. The molecular formula is C77H136O6. The van der Waals surface area contributed by atoms with E-state index in [-0.39, 0.29) is 31.1 Å². The Bertz CT molecular complexity index is 1570. The van der Waals surface area contributed by atoms with Gasteiger partial charge in [0.05, 0.1) is 0 Å². The number of unbranched alkanes of at least 4 members (excludes halogenated alkanes) is 41. The lowest BCUT2D eigenvalue weighted by Gasteiger charge is -2.18. The van der Waals surface area contributed by atoms with Gasteiger partial charge in [-0.3, -0.25) is 14.4 Å². The number of carbonyl (C=O) groups excluding carboxylic acids is 3. The Morgan fingerprint density at radius 2 is 0.470 bits per heavy atom. The van der Waals surface area contributed by atoms with Crippen molar-refractivity contribution in [3.63, 3.8) is 0 Å². The maximum absolute atomic E-state index is 13.0. The van der Waals surface area contributed by atoms with Crippen molar-refractivity contribution in [3.05, 3.63) is 85.1 Å². The third-order valence-electron chi connectivity index (χ3n) is 15.9. The molecule has 1 atom stereocenters. The Balaban J connectivity index is 4.38. The van der Waals surface area contributed by atoms with Crippen molar-refractivity contribution in [2.45, 2.75) is 374 Å². The van der Waals surface area contributed by atoms with Crippen LogP contribution in [0, 0.1) is 0 Å². The second-order valence-corrected chi connectivity index (χ2v) is 24.1. The topological polar surface area (TPSA) is 78.9 Å². The van der Waals surface area contributed by atoms with Crippen LogP contribution in [0.5, 0.6) is 0 Å². The maximum atomic E-state index is 13.0. The fourth-order valence-electron chi connectivity index (χ4n) is 10.5. The van der Waals surface area contributed by atoms with Crippen molar-refractivity contribution in [1.82, 2.24) is 0 Å². The molecule has 6 heteroatoms. The first-order valence-corrected chi connectivity index (χ1v) is 36.1. The summed E-state index contributed by atoms with van der Waals surface area (Å²) in [6.07, 6.45) is 94.6. The zero-order valence-electron chi connectivity index (χ0n) is 55.2. The monoisotopic (exact) mass is 1160 g/mol. The van der Waals surface area contributed by atoms with Crippen LogP contribution < -0.4 is 0 Å². The average molecular weight is 1160 g/mol. The van der Waals surface area contributed by atoms with E-state index in [4.69, 9.17) is 14.2 Å². The first-order valence-electron chi connectivity index (χ1n) is 36.1. The third kappa shape index (κ3) is 69.3. The predicted molar refractivity (Wildman–Crippen MR) is 362 cm³/mol. The molecule has 0 spiro atoms. The Hall–Kier alpha value is -3.41. The van der Waals surface area contributed by atoms with Crippen LogP contribution >= 0.6 is 0 Å². The van der Waals surface area contributed by atoms with Crippen molar-refractivity contribution in [3.8, 4) is 0 Å². The van der Waals surface area contributed by atoms with Crippen LogP contribution in [0.15, 0.2) is 85.1 Å². The maximum Gasteiger partial charge on any atom is 0.306 e. The van der Waals surface area contributed by atoms with Crippen LogP contribution in [-0.2, 0) is 28.6 Å². The van der Waals surface area contributed by atoms with Crippen molar-refractivity contribution in [2.75, 3.05) is 13.2 Å². The Labute approximate surface area is 515 Å². The highest BCUT2D eigenvalue weighted by Gasteiger charge is 2.19. The summed E-state index contributed by atoms with van der Waals surface area (Å²) in [5.74, 6) is -0.873. The Kier molecular flexibility index (Phi) is 68.2. The summed E-state index contributed by atoms with van der Waals surface area (Å²) in [6.45, 7) is 6.58. The number of ether oxygens (including phenoxy) is 3. The summed E-state index contributed by atoms with van der Waals surface area (Å²) < 4.78 is 17.0. The zero-order chi connectivity index (χ0) is 59.9. The van der Waals surface area contributed by atoms with E-state index in [0.717, 1.165) is 122 Å². The predicted octanol–water partition coefficient (Wildman–Crippen LogP) is 25.0. The van der Waals surface area contributed by atoms with Crippen LogP contribution in [0.4, 0.5) is 0 Å². The van der Waals surface area contributed by atoms with E-state index in [1.807, 2.05) is 0 Å². The first kappa shape index (κ1) is 79.6. The van der Waals surface area contributed by atoms with Gasteiger partial charge in [-0.05, 0) is 77.0 Å². The molecule has 83 heavy (non-hydrogen) atoms. The molecule has 0 aromatic rings. The fraction of sp³-hybridized carbons (Fsp3) is 0.779. The second-order valence-electron chi connectivity index (χ2n) is 24.1. The summed E-state index contributed by atoms with van der Waals surface area (Å²) in [5.41, 5.74) is 0. The van der Waals surface area contributed by atoms with Crippen LogP contribution in [0.1, 0.15) is 367 Å². The van der Waals surface area contributed by atoms with Gasteiger partial charge in [0.2, 0.25) is 0 Å². The van der Waals surface area contributed by atoms with Gasteiger partial charge >= 0.3 is 17.9 Å². The summed E-state index contributed by atoms with van der Waals surface area (Å²) in [6, 6.07) is 0. The van der Waals surface area contributed by atoms with Crippen LogP contribution in [0.25, 0.3) is 0 Å². The minimum atomic E-state index is -0.784. The van der Waals surface area contributed by atoms with E-state index < -0.39 is 6.10 Å². The molecule has 480 valence electrons. The molecular weight excluding hydrogens is 1020 g/mol. The van der Waals surface area contributed by atoms with Crippen molar-refractivity contribution >= 4 is 17.9 Å². The SMILES string of the molecule is CC/C=C\C/C=C\C/C=C\C/C=C\C/C=C\C/C=C\C/C=C\CCCCCCCC(=O)OCC(COC(=O)CCCCCCCCCCCCCCCCCCCCC)OC(=O)CCCCCCCCCCCCCCCCCCCCC. The van der Waals surface area contributed by atoms with E-state index >= 15 is 0 Å². The second kappa shape index (κ2) is 71.1. The minimum Gasteiger partial charge on any atom is -0.462 e. The Morgan fingerprint density at radius 3 is 0.735 bits per heavy atom. The van der Waals surface area contributed by atoms with Crippen molar-refractivity contribution in [1.29, 1.82) is 0 Å². The molecule has 6 nitrogen and oxygen atoms in total. The van der Waals surface area contributed by atoms with E-state index in [1.165, 1.54) is 205 Å². The highest BCUT2D eigenvalue weighted by atomic mass is 16.6. The molecule has 0 N–H and O–H groups in total. The molecule has 0 aromatic heterocycles. The minimum absolute atomic E-state index is 0.0774. The van der Waals surface area contributed by atoms with Crippen LogP contribution in [-0.4, -0.2) is 37.2 Å². The molecule has 0 amide bonds. The number of hydrogen-bond donors (Lipinski definition) is 0. The molecule has 0 aromatic carbocycles. The molecule has 0 radical (unpaired) electrons. The molecule has 0 bridgehead atoms. The molecule has 0 saturated carbocycles. The summed E-state index contributed by atoms with van der Waals surface area (Å²) >= 11 is 0. The normalized spacial score (nSPS) is 12.6. The number of allylic oxidation sites excluding steroid dienone is 14. The number of rotatable bonds is 66. The lowest BCUT2D eigenvalue weighted by Crippen LogP contribution is -2.30. The van der Waals surface area contributed by atoms with E-state index in [9.17, 15) is 14.4 Å². The highest BCUT2D eigenvalue weighted by molar-refractivity contribution is 5.71. The van der Waals surface area contributed by atoms with Gasteiger partial charge in [0, 0.05) is 19.3 Å². The van der Waals surface area contributed by atoms with Gasteiger partial charge < -0.3 is 14.2 Å². The van der Waals surface area contributed by atoms with E-state index in [0.29, 0.717) is 19.3 Å². The summed E-state index contributed by atoms with van der Waals surface area (Å²) in [7, 11) is 0. The molecule has 0 fully saturated rings. The molecule has 0 rings (SSSR count). The number of carbonyl (C=O) groups is 3. The molecule has 0 aliphatic heterocycles. The van der Waals surface area contributed by atoms with Gasteiger partial charge in [0.1, 0.15) is 13.2 Å². The number of esters is 3. The van der Waals surface area contributed by atoms with Gasteiger partial charge in [-0.2, -0.15) is 0 Å². The van der Waals surface area contributed by atoms with Crippen molar-refractivity contribution < 1.29 is 28.6 Å². The summed E-state index contributed by atoms with van der Waals surface area (Å²) in [4.78, 5) is 38.5. The molecule has 0 heterocycles. The lowest BCUT2D eigenvalue weighted by atomic mass is 10.0. The number of hydrogen-bond acceptors (Lipinski definition) is 6. The van der Waals surface area contributed by atoms with Gasteiger partial charge in [-0.25, -0.2) is 0 Å². The van der Waals surface area contributed by atoms with Gasteiger partial charge in [-0.1, -0.05) is 356 Å². The molecule has 0 aliphatic carbocycles. The van der Waals surface area contributed by atoms with E-state index in [1.54, 1.807) is 0 Å². The standard InChI is InChI=1S/C77H136O6/c1-4-7-10-13-16-19-22-25-28-31-34-35-36-37-38-39-40-41-44-46-49-52-55-58-61-64-67-70-76(79)82-73-74(83-77(80)71-68-65-62-59-56-53-50-47-43-33-30-27-24-21-18-15-12-9-6-3)72-81-75(78)69-66-63-60-57-54-51-48-45-42-32-29-26-23-20-17-14-11-8-5-2/h7,10,16,19,25,28,34-35,37-38,40-41,46,49,74H,4-6,8-9,11-15,17-18,20-24,26-27,29-33,36,39,42-45,47-48,50-73H2,1-3H3/b10-7-,19-16-,28-25-,35-34-,38-37-,41-40-,49-46-. The first-order chi connectivity index (χ1) is 41.0. The van der Waals surface area contributed by atoms with Gasteiger partial charge in [0.15, 0.2) is 6.10 Å². The Morgan fingerprint density at radius 1 is 0.253 bits per heavy atom. The largest absolute Gasteiger partial charge is 0.462 e. The summed E-state index contributed by atoms with van der Waals surface area (Å²) in [5, 5.41) is 0.